The highest BCUT2D eigenvalue weighted by atomic mass is 16.8. The zero-order valence-corrected chi connectivity index (χ0v) is 4.71. The van der Waals surface area contributed by atoms with Gasteiger partial charge >= 0.3 is 11.9 Å². The van der Waals surface area contributed by atoms with Crippen molar-refractivity contribution in [3.05, 3.63) is 0 Å². The monoisotopic (exact) mass is 120 g/mol. The second-order valence-corrected chi connectivity index (χ2v) is 1.53. The van der Waals surface area contributed by atoms with Gasteiger partial charge in [-0.1, -0.05) is 0 Å². The number of aliphatic hydroxyl groups is 2. The van der Waals surface area contributed by atoms with Crippen LogP contribution in [-0.2, 0) is 9.53 Å². The van der Waals surface area contributed by atoms with Gasteiger partial charge < -0.3 is 14.9 Å². The fraction of sp³-hybridized carbons (Fsp3) is 0.750. The van der Waals surface area contributed by atoms with E-state index in [4.69, 9.17) is 10.2 Å². The highest BCUT2D eigenvalue weighted by Gasteiger charge is 2.17. The van der Waals surface area contributed by atoms with Crippen molar-refractivity contribution in [1.82, 2.24) is 0 Å². The van der Waals surface area contributed by atoms with Crippen LogP contribution >= 0.6 is 0 Å². The van der Waals surface area contributed by atoms with Crippen molar-refractivity contribution < 1.29 is 19.7 Å². The van der Waals surface area contributed by atoms with E-state index < -0.39 is 11.9 Å². The number of ether oxygens (including phenoxy) is 1. The molecule has 0 unspecified atom stereocenters. The summed E-state index contributed by atoms with van der Waals surface area (Å²) < 4.78 is 3.91. The predicted octanol–water partition coefficient (Wildman–Crippen LogP) is -0.792. The van der Waals surface area contributed by atoms with Crippen LogP contribution in [0.4, 0.5) is 0 Å². The van der Waals surface area contributed by atoms with Crippen LogP contribution in [0.2, 0.25) is 0 Å². The number of carbonyl (C=O) groups is 1. The van der Waals surface area contributed by atoms with Gasteiger partial charge in [0.1, 0.15) is 0 Å². The van der Waals surface area contributed by atoms with Gasteiger partial charge in [0.2, 0.25) is 0 Å². The van der Waals surface area contributed by atoms with Gasteiger partial charge in [-0.15, -0.1) is 0 Å². The van der Waals surface area contributed by atoms with Crippen LogP contribution in [0.25, 0.3) is 0 Å². The number of hydrogen-bond acceptors (Lipinski definition) is 4. The third kappa shape index (κ3) is 5.39. The first-order valence-electron chi connectivity index (χ1n) is 2.06. The van der Waals surface area contributed by atoms with Crippen molar-refractivity contribution in [1.29, 1.82) is 0 Å². The molecule has 4 nitrogen and oxygen atoms in total. The van der Waals surface area contributed by atoms with Gasteiger partial charge in [0.25, 0.3) is 0 Å². The molecule has 0 aromatic heterocycles. The van der Waals surface area contributed by atoms with Crippen LogP contribution in [0, 0.1) is 0 Å². The summed E-state index contributed by atoms with van der Waals surface area (Å²) in [5.74, 6) is -3.05. The third-order valence-electron chi connectivity index (χ3n) is 0.337. The molecule has 0 atom stereocenters. The molecule has 8 heavy (non-hydrogen) atoms. The molecule has 0 amide bonds. The molecule has 0 saturated carbocycles. The first-order chi connectivity index (χ1) is 3.42. The zero-order chi connectivity index (χ0) is 6.78. The molecule has 0 radical (unpaired) electrons. The molecule has 0 bridgehead atoms. The number of rotatable bonds is 1. The van der Waals surface area contributed by atoms with E-state index in [1.54, 1.807) is 0 Å². The van der Waals surface area contributed by atoms with Crippen LogP contribution in [0.5, 0.6) is 0 Å². The van der Waals surface area contributed by atoms with E-state index in [2.05, 4.69) is 4.74 Å². The molecule has 0 aromatic rings. The maximum Gasteiger partial charge on any atom is 0.321 e. The van der Waals surface area contributed by atoms with Gasteiger partial charge in [-0.05, 0) is 0 Å². The Morgan fingerprint density at radius 1 is 1.62 bits per heavy atom. The average Bonchev–Trinajstić information content (AvgIpc) is 1.21. The van der Waals surface area contributed by atoms with E-state index in [0.717, 1.165) is 13.8 Å². The van der Waals surface area contributed by atoms with E-state index in [1.165, 1.54) is 0 Å². The summed E-state index contributed by atoms with van der Waals surface area (Å²) in [5.41, 5.74) is 0. The van der Waals surface area contributed by atoms with Crippen LogP contribution < -0.4 is 0 Å². The Bertz CT molecular complexity index is 90.7. The van der Waals surface area contributed by atoms with Gasteiger partial charge in [-0.25, -0.2) is 0 Å². The Hall–Kier alpha value is -0.610. The number of esters is 1. The highest BCUT2D eigenvalue weighted by Crippen LogP contribution is 1.97. The molecule has 0 aromatic carbocycles. The lowest BCUT2D eigenvalue weighted by atomic mass is 10.6. The van der Waals surface area contributed by atoms with E-state index in [0.29, 0.717) is 0 Å². The second-order valence-electron chi connectivity index (χ2n) is 1.53. The van der Waals surface area contributed by atoms with E-state index in [9.17, 15) is 4.79 Å². The quantitative estimate of drug-likeness (QED) is 0.351. The molecule has 0 aliphatic heterocycles. The number of carbonyl (C=O) groups excluding carboxylic acids is 1. The molecule has 0 fully saturated rings. The van der Waals surface area contributed by atoms with Crippen molar-refractivity contribution in [2.75, 3.05) is 0 Å². The Morgan fingerprint density at radius 3 is 2.00 bits per heavy atom. The fourth-order valence-electron chi connectivity index (χ4n) is 0.272. The molecule has 4 heteroatoms. The molecular formula is C4H8O4. The van der Waals surface area contributed by atoms with Crippen molar-refractivity contribution in [3.63, 3.8) is 0 Å². The molecule has 0 rings (SSSR count). The molecule has 48 valence electrons. The normalized spacial score (nSPS) is 11.0. The van der Waals surface area contributed by atoms with E-state index >= 15 is 0 Å². The first-order valence-corrected chi connectivity index (χ1v) is 2.06. The Labute approximate surface area is 46.7 Å². The highest BCUT2D eigenvalue weighted by molar-refractivity contribution is 5.66. The predicted molar refractivity (Wildman–Crippen MR) is 24.6 cm³/mol. The maximum absolute atomic E-state index is 9.92. The van der Waals surface area contributed by atoms with Crippen LogP contribution in [0.15, 0.2) is 0 Å². The van der Waals surface area contributed by atoms with Crippen molar-refractivity contribution >= 4 is 5.97 Å². The SMILES string of the molecule is CC(=O)OC(C)(O)O. The third-order valence-corrected chi connectivity index (χ3v) is 0.337. The van der Waals surface area contributed by atoms with Crippen molar-refractivity contribution in [2.24, 2.45) is 0 Å². The van der Waals surface area contributed by atoms with E-state index in [1.807, 2.05) is 0 Å². The number of hydrogen-bond donors (Lipinski definition) is 2. The van der Waals surface area contributed by atoms with Crippen molar-refractivity contribution in [3.8, 4) is 0 Å². The van der Waals surface area contributed by atoms with Crippen LogP contribution in [-0.4, -0.2) is 22.2 Å². The summed E-state index contributed by atoms with van der Waals surface area (Å²) in [6, 6.07) is 0. The first kappa shape index (κ1) is 7.39. The van der Waals surface area contributed by atoms with Crippen LogP contribution in [0.1, 0.15) is 13.8 Å². The molecule has 0 spiro atoms. The largest absolute Gasteiger partial charge is 0.409 e. The molecule has 0 aliphatic rings. The minimum atomic E-state index is -2.33. The van der Waals surface area contributed by atoms with Crippen molar-refractivity contribution in [2.45, 2.75) is 19.8 Å². The van der Waals surface area contributed by atoms with Crippen LogP contribution in [0.3, 0.4) is 0 Å². The Kier molecular flexibility index (Phi) is 1.94. The summed E-state index contributed by atoms with van der Waals surface area (Å²) in [5, 5.41) is 16.6. The summed E-state index contributed by atoms with van der Waals surface area (Å²) in [7, 11) is 0. The van der Waals surface area contributed by atoms with Gasteiger partial charge in [0.05, 0.1) is 0 Å². The lowest BCUT2D eigenvalue weighted by molar-refractivity contribution is -0.305. The average molecular weight is 120 g/mol. The smallest absolute Gasteiger partial charge is 0.321 e. The van der Waals surface area contributed by atoms with E-state index in [-0.39, 0.29) is 0 Å². The summed E-state index contributed by atoms with van der Waals surface area (Å²) >= 11 is 0. The summed E-state index contributed by atoms with van der Waals surface area (Å²) in [6.45, 7) is 2.04. The molecule has 0 aliphatic carbocycles. The molecule has 2 N–H and O–H groups in total. The Balaban J connectivity index is 3.55. The summed E-state index contributed by atoms with van der Waals surface area (Å²) in [4.78, 5) is 9.92. The zero-order valence-electron chi connectivity index (χ0n) is 4.71. The topological polar surface area (TPSA) is 66.8 Å². The molecular weight excluding hydrogens is 112 g/mol. The van der Waals surface area contributed by atoms with Gasteiger partial charge in [0.15, 0.2) is 0 Å². The standard InChI is InChI=1S/C4H8O4/c1-3(5)8-4(2,6)7/h6-7H,1-2H3. The van der Waals surface area contributed by atoms with Gasteiger partial charge in [0, 0.05) is 13.8 Å². The molecule has 0 saturated heterocycles. The lowest BCUT2D eigenvalue weighted by Gasteiger charge is -2.13. The minimum absolute atomic E-state index is 0.725. The molecule has 0 heterocycles. The lowest BCUT2D eigenvalue weighted by Crippen LogP contribution is -2.29. The fourth-order valence-corrected chi connectivity index (χ4v) is 0.272. The summed E-state index contributed by atoms with van der Waals surface area (Å²) in [6.07, 6.45) is 0. The van der Waals surface area contributed by atoms with Gasteiger partial charge in [-0.3, -0.25) is 4.79 Å². The second kappa shape index (κ2) is 2.11. The Morgan fingerprint density at radius 2 is 2.00 bits per heavy atom. The maximum atomic E-state index is 9.92. The van der Waals surface area contributed by atoms with Gasteiger partial charge in [-0.2, -0.15) is 0 Å². The minimum Gasteiger partial charge on any atom is -0.409 e.